The molecule has 1 aromatic rings. The van der Waals surface area contributed by atoms with Crippen molar-refractivity contribution in [2.24, 2.45) is 5.10 Å². The van der Waals surface area contributed by atoms with Crippen LogP contribution in [0.1, 0.15) is 18.9 Å². The molecule has 3 heteroatoms. The van der Waals surface area contributed by atoms with E-state index in [0.29, 0.717) is 6.42 Å². The summed E-state index contributed by atoms with van der Waals surface area (Å²) >= 11 is 0. The molecule has 0 atom stereocenters. The Morgan fingerprint density at radius 3 is 2.80 bits per heavy atom. The number of nitrogens with zero attached hydrogens (tertiary/aromatic N) is 1. The molecule has 1 N–H and O–H groups in total. The molecule has 1 aliphatic rings. The molecule has 0 spiro atoms. The van der Waals surface area contributed by atoms with Crippen molar-refractivity contribution in [3.8, 4) is 0 Å². The highest BCUT2D eigenvalue weighted by Gasteiger charge is 2.13. The molecule has 0 radical (unpaired) electrons. The molecule has 1 aromatic carbocycles. The largest absolute Gasteiger partial charge is 0.273 e. The lowest BCUT2D eigenvalue weighted by Gasteiger charge is -2.12. The highest BCUT2D eigenvalue weighted by Crippen LogP contribution is 2.13. The Bertz CT molecular complexity index is 432. The van der Waals surface area contributed by atoms with Crippen molar-refractivity contribution in [3.05, 3.63) is 41.5 Å². The number of rotatable bonds is 1. The highest BCUT2D eigenvalue weighted by molar-refractivity contribution is 6.08. The summed E-state index contributed by atoms with van der Waals surface area (Å²) in [6, 6.07) is 9.93. The van der Waals surface area contributed by atoms with Crippen molar-refractivity contribution >= 4 is 17.7 Å². The van der Waals surface area contributed by atoms with Crippen LogP contribution in [0.4, 0.5) is 0 Å². The molecule has 0 aliphatic carbocycles. The first kappa shape index (κ1) is 9.65. The normalized spacial score (nSPS) is 18.6. The van der Waals surface area contributed by atoms with E-state index in [2.05, 4.69) is 10.5 Å². The summed E-state index contributed by atoms with van der Waals surface area (Å²) in [4.78, 5) is 11.2. The van der Waals surface area contributed by atoms with Gasteiger partial charge in [0.25, 0.3) is 0 Å². The van der Waals surface area contributed by atoms with E-state index < -0.39 is 0 Å². The van der Waals surface area contributed by atoms with Crippen LogP contribution in [-0.4, -0.2) is 11.6 Å². The van der Waals surface area contributed by atoms with Crippen LogP contribution in [0.3, 0.4) is 0 Å². The third-order valence-corrected chi connectivity index (χ3v) is 2.30. The number of nitrogens with one attached hydrogen (secondary N) is 1. The summed E-state index contributed by atoms with van der Waals surface area (Å²) in [6.07, 6.45) is 2.40. The molecule has 0 saturated heterocycles. The van der Waals surface area contributed by atoms with Crippen LogP contribution in [0.2, 0.25) is 0 Å². The summed E-state index contributed by atoms with van der Waals surface area (Å²) in [6.45, 7) is 1.90. The van der Waals surface area contributed by atoms with Crippen molar-refractivity contribution in [1.29, 1.82) is 0 Å². The molecule has 76 valence electrons. The molecule has 1 aliphatic heterocycles. The average molecular weight is 200 g/mol. The number of hydrogen-bond acceptors (Lipinski definition) is 2. The first-order valence-corrected chi connectivity index (χ1v) is 4.85. The number of hydrogen-bond donors (Lipinski definition) is 1. The van der Waals surface area contributed by atoms with Crippen molar-refractivity contribution in [2.45, 2.75) is 13.3 Å². The summed E-state index contributed by atoms with van der Waals surface area (Å²) < 4.78 is 0. The molecule has 2 rings (SSSR count). The van der Waals surface area contributed by atoms with Crippen LogP contribution < -0.4 is 5.43 Å². The van der Waals surface area contributed by atoms with E-state index in [9.17, 15) is 4.79 Å². The van der Waals surface area contributed by atoms with Gasteiger partial charge in [-0.15, -0.1) is 0 Å². The summed E-state index contributed by atoms with van der Waals surface area (Å²) in [5.41, 5.74) is 5.40. The SMILES string of the molecule is CC1=NNC(=O)C/C1=C\c1ccccc1. The Hall–Kier alpha value is -1.90. The van der Waals surface area contributed by atoms with Crippen molar-refractivity contribution in [1.82, 2.24) is 5.43 Å². The average Bonchev–Trinajstić information content (AvgIpc) is 2.25. The topological polar surface area (TPSA) is 41.5 Å². The van der Waals surface area contributed by atoms with Gasteiger partial charge in [0.2, 0.25) is 5.91 Å². The molecule has 3 nitrogen and oxygen atoms in total. The fraction of sp³-hybridized carbons (Fsp3) is 0.167. The summed E-state index contributed by atoms with van der Waals surface area (Å²) in [5.74, 6) is -0.0530. The maximum absolute atomic E-state index is 11.2. The molecule has 0 unspecified atom stereocenters. The zero-order chi connectivity index (χ0) is 10.7. The van der Waals surface area contributed by atoms with Crippen LogP contribution in [0, 0.1) is 0 Å². The predicted molar refractivity (Wildman–Crippen MR) is 60.3 cm³/mol. The second-order valence-electron chi connectivity index (χ2n) is 3.49. The molecule has 0 fully saturated rings. The lowest BCUT2D eigenvalue weighted by atomic mass is 10.0. The van der Waals surface area contributed by atoms with Gasteiger partial charge in [-0.25, -0.2) is 5.43 Å². The van der Waals surface area contributed by atoms with Crippen LogP contribution in [-0.2, 0) is 4.79 Å². The third-order valence-electron chi connectivity index (χ3n) is 2.30. The van der Waals surface area contributed by atoms with Gasteiger partial charge in [0.05, 0.1) is 12.1 Å². The number of benzene rings is 1. The van der Waals surface area contributed by atoms with Gasteiger partial charge < -0.3 is 0 Å². The minimum Gasteiger partial charge on any atom is -0.273 e. The van der Waals surface area contributed by atoms with Gasteiger partial charge in [0.15, 0.2) is 0 Å². The van der Waals surface area contributed by atoms with Gasteiger partial charge in [-0.1, -0.05) is 30.3 Å². The number of hydrazone groups is 1. The number of carbonyl (C=O) groups excluding carboxylic acids is 1. The molecule has 0 aromatic heterocycles. The van der Waals surface area contributed by atoms with Crippen LogP contribution in [0.25, 0.3) is 6.08 Å². The standard InChI is InChI=1S/C12H12N2O/c1-9-11(8-12(15)14-13-9)7-10-5-3-2-4-6-10/h2-7H,8H2,1H3,(H,14,15)/b11-7+. The zero-order valence-electron chi connectivity index (χ0n) is 8.53. The van der Waals surface area contributed by atoms with E-state index in [1.807, 2.05) is 43.3 Å². The Morgan fingerprint density at radius 1 is 1.33 bits per heavy atom. The molecule has 0 bridgehead atoms. The first-order chi connectivity index (χ1) is 7.25. The zero-order valence-corrected chi connectivity index (χ0v) is 8.53. The van der Waals surface area contributed by atoms with Crippen LogP contribution >= 0.6 is 0 Å². The van der Waals surface area contributed by atoms with E-state index in [1.165, 1.54) is 0 Å². The second kappa shape index (κ2) is 4.09. The molecular formula is C12H12N2O. The second-order valence-corrected chi connectivity index (χ2v) is 3.49. The van der Waals surface area contributed by atoms with Gasteiger partial charge in [0.1, 0.15) is 0 Å². The van der Waals surface area contributed by atoms with Crippen LogP contribution in [0.15, 0.2) is 41.0 Å². The van der Waals surface area contributed by atoms with Gasteiger partial charge in [-0.3, -0.25) is 4.79 Å². The molecular weight excluding hydrogens is 188 g/mol. The Morgan fingerprint density at radius 2 is 2.07 bits per heavy atom. The van der Waals surface area contributed by atoms with Crippen molar-refractivity contribution in [3.63, 3.8) is 0 Å². The van der Waals surface area contributed by atoms with Crippen molar-refractivity contribution < 1.29 is 4.79 Å². The van der Waals surface area contributed by atoms with E-state index in [-0.39, 0.29) is 5.91 Å². The number of amides is 1. The smallest absolute Gasteiger partial charge is 0.244 e. The molecule has 1 heterocycles. The van der Waals surface area contributed by atoms with E-state index in [0.717, 1.165) is 16.8 Å². The van der Waals surface area contributed by atoms with Gasteiger partial charge in [-0.2, -0.15) is 5.10 Å². The maximum atomic E-state index is 11.2. The predicted octanol–water partition coefficient (Wildman–Crippen LogP) is 1.97. The Kier molecular flexibility index (Phi) is 2.63. The number of carbonyl (C=O) groups is 1. The first-order valence-electron chi connectivity index (χ1n) is 4.85. The monoisotopic (exact) mass is 200 g/mol. The van der Waals surface area contributed by atoms with Crippen LogP contribution in [0.5, 0.6) is 0 Å². The lowest BCUT2D eigenvalue weighted by Crippen LogP contribution is -2.26. The van der Waals surface area contributed by atoms with E-state index in [4.69, 9.17) is 0 Å². The quantitative estimate of drug-likeness (QED) is 0.739. The van der Waals surface area contributed by atoms with Crippen molar-refractivity contribution in [2.75, 3.05) is 0 Å². The van der Waals surface area contributed by atoms with Gasteiger partial charge in [-0.05, 0) is 24.1 Å². The Balaban J connectivity index is 2.30. The Labute approximate surface area is 88.5 Å². The minimum absolute atomic E-state index is 0.0530. The molecule has 15 heavy (non-hydrogen) atoms. The van der Waals surface area contributed by atoms with Gasteiger partial charge in [0, 0.05) is 0 Å². The minimum atomic E-state index is -0.0530. The molecule has 0 saturated carbocycles. The summed E-state index contributed by atoms with van der Waals surface area (Å²) in [5, 5.41) is 3.94. The maximum Gasteiger partial charge on any atom is 0.244 e. The van der Waals surface area contributed by atoms with Gasteiger partial charge >= 0.3 is 0 Å². The molecule has 1 amide bonds. The fourth-order valence-corrected chi connectivity index (χ4v) is 1.46. The highest BCUT2D eigenvalue weighted by atomic mass is 16.2. The van der Waals surface area contributed by atoms with E-state index >= 15 is 0 Å². The summed E-state index contributed by atoms with van der Waals surface area (Å²) in [7, 11) is 0. The fourth-order valence-electron chi connectivity index (χ4n) is 1.46. The third kappa shape index (κ3) is 2.31. The lowest BCUT2D eigenvalue weighted by molar-refractivity contribution is -0.120. The van der Waals surface area contributed by atoms with E-state index in [1.54, 1.807) is 0 Å².